The van der Waals surface area contributed by atoms with E-state index in [1.54, 1.807) is 0 Å². The SMILES string of the molecule is O=C1CCC(NCc2ccc3c(c2)OCO3)CN1. The first-order valence-electron chi connectivity index (χ1n) is 6.20. The van der Waals surface area contributed by atoms with Gasteiger partial charge in [0.1, 0.15) is 0 Å². The lowest BCUT2D eigenvalue weighted by Crippen LogP contribution is -2.45. The summed E-state index contributed by atoms with van der Waals surface area (Å²) in [6.07, 6.45) is 1.51. The zero-order chi connectivity index (χ0) is 12.4. The van der Waals surface area contributed by atoms with Crippen LogP contribution in [0.25, 0.3) is 0 Å². The molecule has 3 rings (SSSR count). The first kappa shape index (κ1) is 11.3. The van der Waals surface area contributed by atoms with Crippen molar-refractivity contribution in [1.82, 2.24) is 10.6 Å². The molecule has 0 aliphatic carbocycles. The molecule has 0 bridgehead atoms. The van der Waals surface area contributed by atoms with Gasteiger partial charge in [0, 0.05) is 25.6 Å². The molecule has 2 N–H and O–H groups in total. The maximum Gasteiger partial charge on any atom is 0.231 e. The number of fused-ring (bicyclic) bond motifs is 1. The minimum atomic E-state index is 0.149. The van der Waals surface area contributed by atoms with Crippen molar-refractivity contribution >= 4 is 5.91 Å². The van der Waals surface area contributed by atoms with Crippen molar-refractivity contribution in [1.29, 1.82) is 0 Å². The van der Waals surface area contributed by atoms with Crippen LogP contribution in [0.2, 0.25) is 0 Å². The van der Waals surface area contributed by atoms with Gasteiger partial charge in [0.15, 0.2) is 11.5 Å². The van der Waals surface area contributed by atoms with Gasteiger partial charge < -0.3 is 20.1 Å². The molecule has 5 nitrogen and oxygen atoms in total. The average molecular weight is 248 g/mol. The summed E-state index contributed by atoms with van der Waals surface area (Å²) in [6.45, 7) is 1.79. The predicted molar refractivity (Wildman–Crippen MR) is 65.4 cm³/mol. The Morgan fingerprint density at radius 1 is 1.33 bits per heavy atom. The van der Waals surface area contributed by atoms with E-state index in [0.29, 0.717) is 25.8 Å². The van der Waals surface area contributed by atoms with Crippen LogP contribution in [0.3, 0.4) is 0 Å². The van der Waals surface area contributed by atoms with Crippen LogP contribution < -0.4 is 20.1 Å². The second-order valence-electron chi connectivity index (χ2n) is 4.61. The Labute approximate surface area is 105 Å². The van der Waals surface area contributed by atoms with Gasteiger partial charge in [0.05, 0.1) is 0 Å². The molecule has 1 aromatic carbocycles. The fraction of sp³-hybridized carbons (Fsp3) is 0.462. The molecule has 96 valence electrons. The van der Waals surface area contributed by atoms with Crippen molar-refractivity contribution in [3.8, 4) is 11.5 Å². The maximum absolute atomic E-state index is 11.0. The van der Waals surface area contributed by atoms with E-state index in [2.05, 4.69) is 10.6 Å². The van der Waals surface area contributed by atoms with Crippen LogP contribution in [0.5, 0.6) is 11.5 Å². The molecular formula is C13H16N2O3. The molecule has 1 aromatic rings. The number of amides is 1. The predicted octanol–water partition coefficient (Wildman–Crippen LogP) is 0.783. The average Bonchev–Trinajstić information content (AvgIpc) is 2.85. The van der Waals surface area contributed by atoms with Crippen molar-refractivity contribution in [2.24, 2.45) is 0 Å². The molecule has 1 saturated heterocycles. The lowest BCUT2D eigenvalue weighted by atomic mass is 10.1. The van der Waals surface area contributed by atoms with Gasteiger partial charge in [-0.25, -0.2) is 0 Å². The van der Waals surface area contributed by atoms with Crippen molar-refractivity contribution in [2.45, 2.75) is 25.4 Å². The van der Waals surface area contributed by atoms with E-state index < -0.39 is 0 Å². The van der Waals surface area contributed by atoms with Crippen LogP contribution >= 0.6 is 0 Å². The molecule has 0 saturated carbocycles. The highest BCUT2D eigenvalue weighted by atomic mass is 16.7. The highest BCUT2D eigenvalue weighted by Gasteiger charge is 2.18. The molecule has 1 fully saturated rings. The fourth-order valence-corrected chi connectivity index (χ4v) is 2.22. The van der Waals surface area contributed by atoms with E-state index in [1.807, 2.05) is 18.2 Å². The number of ether oxygens (including phenoxy) is 2. The minimum Gasteiger partial charge on any atom is -0.454 e. The Balaban J connectivity index is 1.55. The van der Waals surface area contributed by atoms with Gasteiger partial charge in [0.2, 0.25) is 12.7 Å². The molecule has 1 atom stereocenters. The summed E-state index contributed by atoms with van der Waals surface area (Å²) in [5, 5.41) is 6.30. The summed E-state index contributed by atoms with van der Waals surface area (Å²) < 4.78 is 10.6. The third-order valence-electron chi connectivity index (χ3n) is 3.30. The standard InChI is InChI=1S/C13H16N2O3/c16-13-4-2-10(7-15-13)14-6-9-1-3-11-12(5-9)18-8-17-11/h1,3,5,10,14H,2,4,6-8H2,(H,15,16). The van der Waals surface area contributed by atoms with Crippen molar-refractivity contribution in [3.05, 3.63) is 23.8 Å². The summed E-state index contributed by atoms with van der Waals surface area (Å²) in [7, 11) is 0. The topological polar surface area (TPSA) is 59.6 Å². The molecule has 2 heterocycles. The molecule has 2 aliphatic rings. The van der Waals surface area contributed by atoms with Crippen LogP contribution in [0.1, 0.15) is 18.4 Å². The van der Waals surface area contributed by atoms with Gasteiger partial charge in [-0.1, -0.05) is 6.07 Å². The number of hydrogen-bond donors (Lipinski definition) is 2. The molecule has 18 heavy (non-hydrogen) atoms. The Morgan fingerprint density at radius 3 is 3.06 bits per heavy atom. The smallest absolute Gasteiger partial charge is 0.231 e. The van der Waals surface area contributed by atoms with E-state index in [-0.39, 0.29) is 5.91 Å². The second kappa shape index (κ2) is 4.86. The minimum absolute atomic E-state index is 0.149. The third-order valence-corrected chi connectivity index (χ3v) is 3.30. The molecule has 2 aliphatic heterocycles. The van der Waals surface area contributed by atoms with Crippen molar-refractivity contribution in [3.63, 3.8) is 0 Å². The first-order chi connectivity index (χ1) is 8.81. The Kier molecular flexibility index (Phi) is 3.06. The summed E-state index contributed by atoms with van der Waals surface area (Å²) in [5.41, 5.74) is 1.16. The van der Waals surface area contributed by atoms with Crippen LogP contribution in [0.4, 0.5) is 0 Å². The van der Waals surface area contributed by atoms with Gasteiger partial charge >= 0.3 is 0 Å². The van der Waals surface area contributed by atoms with Crippen LogP contribution in [-0.2, 0) is 11.3 Å². The van der Waals surface area contributed by atoms with E-state index in [0.717, 1.165) is 30.0 Å². The van der Waals surface area contributed by atoms with Gasteiger partial charge in [-0.2, -0.15) is 0 Å². The van der Waals surface area contributed by atoms with E-state index in [4.69, 9.17) is 9.47 Å². The second-order valence-corrected chi connectivity index (χ2v) is 4.61. The summed E-state index contributed by atoms with van der Waals surface area (Å²) in [4.78, 5) is 11.0. The number of benzene rings is 1. The molecule has 1 unspecified atom stereocenters. The highest BCUT2D eigenvalue weighted by Crippen LogP contribution is 2.32. The first-order valence-corrected chi connectivity index (χ1v) is 6.20. The number of carbonyl (C=O) groups excluding carboxylic acids is 1. The third kappa shape index (κ3) is 2.41. The molecule has 0 radical (unpaired) electrons. The van der Waals surface area contributed by atoms with E-state index >= 15 is 0 Å². The van der Waals surface area contributed by atoms with Crippen molar-refractivity contribution < 1.29 is 14.3 Å². The quantitative estimate of drug-likeness (QED) is 0.830. The zero-order valence-corrected chi connectivity index (χ0v) is 10.1. The van der Waals surface area contributed by atoms with Gasteiger partial charge in [-0.3, -0.25) is 4.79 Å². The Hall–Kier alpha value is -1.75. The lowest BCUT2D eigenvalue weighted by Gasteiger charge is -2.23. The summed E-state index contributed by atoms with van der Waals surface area (Å²) in [6, 6.07) is 6.31. The summed E-state index contributed by atoms with van der Waals surface area (Å²) >= 11 is 0. The maximum atomic E-state index is 11.0. The van der Waals surface area contributed by atoms with Crippen LogP contribution in [-0.4, -0.2) is 25.3 Å². The van der Waals surface area contributed by atoms with Crippen LogP contribution in [0.15, 0.2) is 18.2 Å². The van der Waals surface area contributed by atoms with E-state index in [9.17, 15) is 4.79 Å². The normalized spacial score (nSPS) is 21.8. The van der Waals surface area contributed by atoms with Crippen molar-refractivity contribution in [2.75, 3.05) is 13.3 Å². The number of rotatable bonds is 3. The largest absolute Gasteiger partial charge is 0.454 e. The van der Waals surface area contributed by atoms with Crippen LogP contribution in [0, 0.1) is 0 Å². The van der Waals surface area contributed by atoms with E-state index in [1.165, 1.54) is 0 Å². The molecule has 0 spiro atoms. The highest BCUT2D eigenvalue weighted by molar-refractivity contribution is 5.76. The lowest BCUT2D eigenvalue weighted by molar-refractivity contribution is -0.122. The zero-order valence-electron chi connectivity index (χ0n) is 10.1. The monoisotopic (exact) mass is 248 g/mol. The molecule has 5 heteroatoms. The fourth-order valence-electron chi connectivity index (χ4n) is 2.22. The van der Waals surface area contributed by atoms with Gasteiger partial charge in [-0.05, 0) is 24.1 Å². The molecule has 1 amide bonds. The van der Waals surface area contributed by atoms with Gasteiger partial charge in [-0.15, -0.1) is 0 Å². The Bertz CT molecular complexity index is 452. The number of nitrogens with one attached hydrogen (secondary N) is 2. The number of piperidine rings is 1. The molecular weight excluding hydrogens is 232 g/mol. The number of carbonyl (C=O) groups is 1. The Morgan fingerprint density at radius 2 is 2.22 bits per heavy atom. The van der Waals surface area contributed by atoms with Gasteiger partial charge in [0.25, 0.3) is 0 Å². The molecule has 0 aromatic heterocycles. The number of hydrogen-bond acceptors (Lipinski definition) is 4. The summed E-state index contributed by atoms with van der Waals surface area (Å²) in [5.74, 6) is 1.77.